The Bertz CT molecular complexity index is 244. The van der Waals surface area contributed by atoms with Gasteiger partial charge in [0.25, 0.3) is 0 Å². The van der Waals surface area contributed by atoms with Crippen LogP contribution >= 0.6 is 0 Å². The van der Waals surface area contributed by atoms with E-state index in [0.29, 0.717) is 12.1 Å². The van der Waals surface area contributed by atoms with Crippen LogP contribution in [0.1, 0.15) is 26.2 Å². The van der Waals surface area contributed by atoms with E-state index in [2.05, 4.69) is 11.9 Å². The number of carbonyl (C=O) groups is 1. The van der Waals surface area contributed by atoms with Crippen LogP contribution in [0.4, 0.5) is 0 Å². The fraction of sp³-hybridized carbons (Fsp3) is 0.900. The molecule has 2 heterocycles. The first-order chi connectivity index (χ1) is 6.58. The van der Waals surface area contributed by atoms with E-state index in [1.54, 1.807) is 0 Å². The number of likely N-dealkylation sites (N-methyl/N-ethyl adjacent to an activating group) is 1. The Kier molecular flexibility index (Phi) is 2.49. The fourth-order valence-electron chi connectivity index (χ4n) is 2.80. The number of nitrogens with zero attached hydrogens (tertiary/aromatic N) is 1. The third kappa shape index (κ3) is 1.64. The molecule has 14 heavy (non-hydrogen) atoms. The quantitative estimate of drug-likeness (QED) is 0.608. The van der Waals surface area contributed by atoms with Crippen molar-refractivity contribution in [3.05, 3.63) is 0 Å². The standard InChI is InChI=1S/C10H18N2O2/c1-6(13)14-10-5-8-3-7(11)4-9(10)12(8)2/h7-10H,3-5,11H2,1-2H3/t7-,8-,9-,10+/m1/s1. The topological polar surface area (TPSA) is 55.6 Å². The minimum absolute atomic E-state index is 0.0658. The highest BCUT2D eigenvalue weighted by Gasteiger charge is 2.45. The van der Waals surface area contributed by atoms with Crippen LogP contribution in [0.2, 0.25) is 0 Å². The highest BCUT2D eigenvalue weighted by atomic mass is 16.5. The van der Waals surface area contributed by atoms with Gasteiger partial charge in [-0.2, -0.15) is 0 Å². The molecule has 80 valence electrons. The lowest BCUT2D eigenvalue weighted by molar-refractivity contribution is -0.147. The Hall–Kier alpha value is -0.610. The molecule has 4 atom stereocenters. The average Bonchev–Trinajstić information content (AvgIpc) is 2.30. The summed E-state index contributed by atoms with van der Waals surface area (Å²) in [6.07, 6.45) is 3.00. The summed E-state index contributed by atoms with van der Waals surface area (Å²) in [7, 11) is 2.10. The van der Waals surface area contributed by atoms with Crippen LogP contribution in [0.15, 0.2) is 0 Å². The molecule has 0 saturated carbocycles. The van der Waals surface area contributed by atoms with Crippen LogP contribution in [-0.2, 0) is 9.53 Å². The molecule has 4 heteroatoms. The van der Waals surface area contributed by atoms with Gasteiger partial charge in [0, 0.05) is 31.5 Å². The summed E-state index contributed by atoms with van der Waals surface area (Å²) in [5, 5.41) is 0. The molecule has 0 aromatic heterocycles. The third-order valence-electron chi connectivity index (χ3n) is 3.47. The van der Waals surface area contributed by atoms with E-state index in [-0.39, 0.29) is 18.1 Å². The first-order valence-corrected chi connectivity index (χ1v) is 5.22. The maximum atomic E-state index is 10.9. The second kappa shape index (κ2) is 3.51. The molecule has 2 fully saturated rings. The number of carbonyl (C=O) groups excluding carboxylic acids is 1. The first kappa shape index (κ1) is 9.93. The Morgan fingerprint density at radius 3 is 2.79 bits per heavy atom. The van der Waals surface area contributed by atoms with Gasteiger partial charge in [0.05, 0.1) is 0 Å². The lowest BCUT2D eigenvalue weighted by Gasteiger charge is -2.35. The lowest BCUT2D eigenvalue weighted by atomic mass is 9.99. The number of rotatable bonds is 1. The summed E-state index contributed by atoms with van der Waals surface area (Å²) >= 11 is 0. The van der Waals surface area contributed by atoms with Crippen molar-refractivity contribution in [2.24, 2.45) is 5.73 Å². The van der Waals surface area contributed by atoms with Crippen LogP contribution in [0.25, 0.3) is 0 Å². The number of esters is 1. The van der Waals surface area contributed by atoms with Gasteiger partial charge < -0.3 is 10.5 Å². The second-order valence-electron chi connectivity index (χ2n) is 4.50. The lowest BCUT2D eigenvalue weighted by Crippen LogP contribution is -2.47. The molecule has 0 aromatic rings. The molecule has 0 radical (unpaired) electrons. The minimum Gasteiger partial charge on any atom is -0.461 e. The Morgan fingerprint density at radius 1 is 1.43 bits per heavy atom. The van der Waals surface area contributed by atoms with Gasteiger partial charge in [0.1, 0.15) is 6.10 Å². The van der Waals surface area contributed by atoms with Gasteiger partial charge in [-0.15, -0.1) is 0 Å². The molecule has 2 rings (SSSR count). The van der Waals surface area contributed by atoms with Crippen molar-refractivity contribution in [1.29, 1.82) is 0 Å². The van der Waals surface area contributed by atoms with Gasteiger partial charge in [-0.25, -0.2) is 0 Å². The molecule has 4 nitrogen and oxygen atoms in total. The van der Waals surface area contributed by atoms with Crippen molar-refractivity contribution in [1.82, 2.24) is 4.90 Å². The van der Waals surface area contributed by atoms with Crippen LogP contribution in [0.3, 0.4) is 0 Å². The van der Waals surface area contributed by atoms with Gasteiger partial charge >= 0.3 is 5.97 Å². The molecular weight excluding hydrogens is 180 g/mol. The number of fused-ring (bicyclic) bond motifs is 2. The third-order valence-corrected chi connectivity index (χ3v) is 3.47. The fourth-order valence-corrected chi connectivity index (χ4v) is 2.80. The zero-order valence-electron chi connectivity index (χ0n) is 8.77. The van der Waals surface area contributed by atoms with Gasteiger partial charge in [-0.3, -0.25) is 9.69 Å². The summed E-state index contributed by atoms with van der Waals surface area (Å²) in [6.45, 7) is 1.47. The number of hydrogen-bond donors (Lipinski definition) is 1. The first-order valence-electron chi connectivity index (χ1n) is 5.22. The maximum absolute atomic E-state index is 10.9. The van der Waals surface area contributed by atoms with Crippen LogP contribution in [0.5, 0.6) is 0 Å². The summed E-state index contributed by atoms with van der Waals surface area (Å²) in [5.74, 6) is -0.176. The zero-order valence-corrected chi connectivity index (χ0v) is 8.77. The van der Waals surface area contributed by atoms with E-state index < -0.39 is 0 Å². The van der Waals surface area contributed by atoms with Crippen LogP contribution < -0.4 is 5.73 Å². The predicted octanol–water partition coefficient (Wildman–Crippen LogP) is 0.112. The molecule has 2 N–H and O–H groups in total. The van der Waals surface area contributed by atoms with Crippen molar-refractivity contribution < 1.29 is 9.53 Å². The van der Waals surface area contributed by atoms with Crippen molar-refractivity contribution in [3.8, 4) is 0 Å². The second-order valence-corrected chi connectivity index (χ2v) is 4.50. The van der Waals surface area contributed by atoms with Gasteiger partial charge in [-0.05, 0) is 19.9 Å². The molecule has 0 amide bonds. The van der Waals surface area contributed by atoms with Gasteiger partial charge in [0.2, 0.25) is 0 Å². The number of ether oxygens (including phenoxy) is 1. The Labute approximate surface area is 84.4 Å². The van der Waals surface area contributed by atoms with Crippen LogP contribution in [0, 0.1) is 0 Å². The van der Waals surface area contributed by atoms with Crippen molar-refractivity contribution in [3.63, 3.8) is 0 Å². The van der Waals surface area contributed by atoms with E-state index >= 15 is 0 Å². The van der Waals surface area contributed by atoms with E-state index in [1.807, 2.05) is 0 Å². The molecule has 2 saturated heterocycles. The molecule has 2 bridgehead atoms. The smallest absolute Gasteiger partial charge is 0.302 e. The molecule has 0 spiro atoms. The molecule has 2 aliphatic rings. The summed E-state index contributed by atoms with van der Waals surface area (Å²) in [6, 6.07) is 1.13. The van der Waals surface area contributed by atoms with Crippen molar-refractivity contribution >= 4 is 5.97 Å². The highest BCUT2D eigenvalue weighted by molar-refractivity contribution is 5.66. The monoisotopic (exact) mass is 198 g/mol. The molecule has 0 unspecified atom stereocenters. The predicted molar refractivity (Wildman–Crippen MR) is 52.7 cm³/mol. The summed E-state index contributed by atoms with van der Waals surface area (Å²) in [5.41, 5.74) is 5.94. The van der Waals surface area contributed by atoms with E-state index in [0.717, 1.165) is 19.3 Å². The van der Waals surface area contributed by atoms with E-state index in [9.17, 15) is 4.79 Å². The van der Waals surface area contributed by atoms with Gasteiger partial charge in [0.15, 0.2) is 0 Å². The summed E-state index contributed by atoms with van der Waals surface area (Å²) in [4.78, 5) is 13.2. The Morgan fingerprint density at radius 2 is 2.14 bits per heavy atom. The van der Waals surface area contributed by atoms with E-state index in [4.69, 9.17) is 10.5 Å². The molecule has 0 aromatic carbocycles. The minimum atomic E-state index is -0.176. The highest BCUT2D eigenvalue weighted by Crippen LogP contribution is 2.35. The number of nitrogens with two attached hydrogens (primary N) is 1. The largest absolute Gasteiger partial charge is 0.461 e. The van der Waals surface area contributed by atoms with Crippen LogP contribution in [-0.4, -0.2) is 42.1 Å². The van der Waals surface area contributed by atoms with E-state index in [1.165, 1.54) is 6.92 Å². The SMILES string of the molecule is CC(=O)O[C@H]1C[C@H]2C[C@@H](N)C[C@H]1N2C. The maximum Gasteiger partial charge on any atom is 0.302 e. The Balaban J connectivity index is 2.05. The average molecular weight is 198 g/mol. The summed E-state index contributed by atoms with van der Waals surface area (Å²) < 4.78 is 5.31. The van der Waals surface area contributed by atoms with Crippen molar-refractivity contribution in [2.75, 3.05) is 7.05 Å². The zero-order chi connectivity index (χ0) is 10.3. The normalized spacial score (nSPS) is 42.5. The molecule has 0 aliphatic carbocycles. The number of piperidine rings is 1. The van der Waals surface area contributed by atoms with Crippen molar-refractivity contribution in [2.45, 2.75) is 50.4 Å². The molecule has 2 aliphatic heterocycles. The molecular formula is C10H18N2O2. The number of hydrogen-bond acceptors (Lipinski definition) is 4. The van der Waals surface area contributed by atoms with Gasteiger partial charge in [-0.1, -0.05) is 0 Å².